The lowest BCUT2D eigenvalue weighted by molar-refractivity contribution is -0.137. The Morgan fingerprint density at radius 2 is 1.48 bits per heavy atom. The second kappa shape index (κ2) is 7.44. The minimum atomic E-state index is -4.52. The molecule has 27 heavy (non-hydrogen) atoms. The van der Waals surface area contributed by atoms with Crippen molar-refractivity contribution in [2.75, 3.05) is 13.1 Å². The molecule has 0 bridgehead atoms. The first-order valence-electron chi connectivity index (χ1n) is 8.46. The molecule has 0 N–H and O–H groups in total. The van der Waals surface area contributed by atoms with E-state index >= 15 is 0 Å². The summed E-state index contributed by atoms with van der Waals surface area (Å²) in [6.45, 7) is 0.319. The van der Waals surface area contributed by atoms with Crippen LogP contribution in [0.5, 0.6) is 0 Å². The number of benzene rings is 2. The van der Waals surface area contributed by atoms with E-state index < -0.39 is 21.8 Å². The quantitative estimate of drug-likeness (QED) is 0.733. The molecule has 0 aromatic heterocycles. The number of halogens is 3. The van der Waals surface area contributed by atoms with Crippen LogP contribution in [0, 0.1) is 5.92 Å². The van der Waals surface area contributed by atoms with Gasteiger partial charge in [0, 0.05) is 24.6 Å². The van der Waals surface area contributed by atoms with Gasteiger partial charge in [0.15, 0.2) is 5.78 Å². The number of rotatable bonds is 4. The van der Waals surface area contributed by atoms with Crippen LogP contribution in [0.2, 0.25) is 0 Å². The number of hydrogen-bond donors (Lipinski definition) is 0. The molecule has 0 radical (unpaired) electrons. The van der Waals surface area contributed by atoms with Crippen LogP contribution in [0.25, 0.3) is 0 Å². The molecule has 1 saturated heterocycles. The molecule has 3 rings (SSSR count). The molecule has 144 valence electrons. The van der Waals surface area contributed by atoms with Crippen molar-refractivity contribution in [1.82, 2.24) is 4.31 Å². The van der Waals surface area contributed by atoms with Crippen LogP contribution in [-0.2, 0) is 16.2 Å². The van der Waals surface area contributed by atoms with Crippen LogP contribution in [0.4, 0.5) is 13.2 Å². The summed E-state index contributed by atoms with van der Waals surface area (Å²) >= 11 is 0. The molecule has 0 aliphatic carbocycles. The molecule has 8 heteroatoms. The minimum Gasteiger partial charge on any atom is -0.294 e. The van der Waals surface area contributed by atoms with Crippen molar-refractivity contribution in [1.29, 1.82) is 0 Å². The van der Waals surface area contributed by atoms with E-state index in [-0.39, 0.29) is 29.7 Å². The van der Waals surface area contributed by atoms with E-state index in [4.69, 9.17) is 0 Å². The van der Waals surface area contributed by atoms with Crippen molar-refractivity contribution < 1.29 is 26.4 Å². The molecule has 2 aromatic carbocycles. The fraction of sp³-hybridized carbons (Fsp3) is 0.316. The van der Waals surface area contributed by atoms with Crippen LogP contribution >= 0.6 is 0 Å². The van der Waals surface area contributed by atoms with Crippen LogP contribution < -0.4 is 0 Å². The summed E-state index contributed by atoms with van der Waals surface area (Å²) in [5, 5.41) is 0. The number of ketones is 1. The number of carbonyl (C=O) groups is 1. The average Bonchev–Trinajstić information content (AvgIpc) is 2.67. The van der Waals surface area contributed by atoms with Gasteiger partial charge in [0.1, 0.15) is 0 Å². The third kappa shape index (κ3) is 4.22. The highest BCUT2D eigenvalue weighted by molar-refractivity contribution is 7.89. The highest BCUT2D eigenvalue weighted by atomic mass is 32.2. The molecule has 0 saturated carbocycles. The molecular formula is C19H18F3NO3S. The first-order valence-corrected chi connectivity index (χ1v) is 9.90. The van der Waals surface area contributed by atoms with Crippen molar-refractivity contribution in [3.8, 4) is 0 Å². The Balaban J connectivity index is 1.69. The second-order valence-electron chi connectivity index (χ2n) is 6.43. The Hall–Kier alpha value is -2.19. The average molecular weight is 397 g/mol. The van der Waals surface area contributed by atoms with Crippen molar-refractivity contribution in [3.63, 3.8) is 0 Å². The number of Topliss-reactive ketones (excluding diaryl/α,β-unsaturated/α-hetero) is 1. The molecule has 4 nitrogen and oxygen atoms in total. The van der Waals surface area contributed by atoms with Gasteiger partial charge in [0.05, 0.1) is 10.5 Å². The zero-order chi connectivity index (χ0) is 19.7. The molecular weight excluding hydrogens is 379 g/mol. The molecule has 2 aromatic rings. The first kappa shape index (κ1) is 19.6. The van der Waals surface area contributed by atoms with Gasteiger partial charge in [-0.25, -0.2) is 8.42 Å². The number of nitrogens with zero attached hydrogens (tertiary/aromatic N) is 1. The van der Waals surface area contributed by atoms with Gasteiger partial charge in [-0.2, -0.15) is 17.5 Å². The highest BCUT2D eigenvalue weighted by Gasteiger charge is 2.34. The number of alkyl halides is 3. The molecule has 0 amide bonds. The molecule has 1 fully saturated rings. The summed E-state index contributed by atoms with van der Waals surface area (Å²) in [4.78, 5) is 12.3. The van der Waals surface area contributed by atoms with Crippen LogP contribution in [-0.4, -0.2) is 31.6 Å². The van der Waals surface area contributed by atoms with Crippen LogP contribution in [0.3, 0.4) is 0 Å². The summed E-state index contributed by atoms with van der Waals surface area (Å²) in [6, 6.07) is 12.3. The van der Waals surface area contributed by atoms with Crippen molar-refractivity contribution >= 4 is 15.8 Å². The molecule has 1 heterocycles. The summed E-state index contributed by atoms with van der Waals surface area (Å²) in [7, 11) is -3.88. The molecule has 1 aliphatic heterocycles. The SMILES string of the molecule is O=C(c1ccccc1)C1CCN(S(=O)(=O)c2ccc(C(F)(F)F)cc2)CC1. The van der Waals surface area contributed by atoms with Gasteiger partial charge >= 0.3 is 6.18 Å². The largest absolute Gasteiger partial charge is 0.416 e. The fourth-order valence-electron chi connectivity index (χ4n) is 3.16. The van der Waals surface area contributed by atoms with E-state index in [1.807, 2.05) is 6.07 Å². The monoisotopic (exact) mass is 397 g/mol. The van der Waals surface area contributed by atoms with E-state index in [1.54, 1.807) is 24.3 Å². The van der Waals surface area contributed by atoms with Gasteiger partial charge in [-0.05, 0) is 37.1 Å². The van der Waals surface area contributed by atoms with Gasteiger partial charge in [-0.3, -0.25) is 4.79 Å². The topological polar surface area (TPSA) is 54.5 Å². The van der Waals surface area contributed by atoms with E-state index in [1.165, 1.54) is 4.31 Å². The van der Waals surface area contributed by atoms with Gasteiger partial charge in [0.2, 0.25) is 10.0 Å². The normalized spacial score (nSPS) is 17.0. The smallest absolute Gasteiger partial charge is 0.294 e. The Morgan fingerprint density at radius 1 is 0.926 bits per heavy atom. The van der Waals surface area contributed by atoms with E-state index in [0.717, 1.165) is 24.3 Å². The molecule has 0 unspecified atom stereocenters. The Bertz CT molecular complexity index is 901. The summed E-state index contributed by atoms with van der Waals surface area (Å²) in [5.74, 6) is -0.270. The Morgan fingerprint density at radius 3 is 2.00 bits per heavy atom. The minimum absolute atomic E-state index is 0.0119. The Labute approximate surface area is 155 Å². The highest BCUT2D eigenvalue weighted by Crippen LogP contribution is 2.31. The lowest BCUT2D eigenvalue weighted by Crippen LogP contribution is -2.40. The standard InChI is InChI=1S/C19H18F3NO3S/c20-19(21,22)16-6-8-17(9-7-16)27(25,26)23-12-10-15(11-13-23)18(24)14-4-2-1-3-5-14/h1-9,15H,10-13H2. The maximum atomic E-state index is 12.7. The summed E-state index contributed by atoms with van der Waals surface area (Å²) in [5.41, 5.74) is -0.296. The van der Waals surface area contributed by atoms with Crippen molar-refractivity contribution in [2.24, 2.45) is 5.92 Å². The summed E-state index contributed by atoms with van der Waals surface area (Å²) < 4.78 is 64.4. The van der Waals surface area contributed by atoms with Gasteiger partial charge in [0.25, 0.3) is 0 Å². The van der Waals surface area contributed by atoms with Crippen molar-refractivity contribution in [3.05, 3.63) is 65.7 Å². The maximum absolute atomic E-state index is 12.7. The van der Waals surface area contributed by atoms with E-state index in [2.05, 4.69) is 0 Å². The molecule has 0 atom stereocenters. The lowest BCUT2D eigenvalue weighted by atomic mass is 9.90. The summed E-state index contributed by atoms with van der Waals surface area (Å²) in [6.07, 6.45) is -3.75. The first-order chi connectivity index (χ1) is 12.7. The zero-order valence-electron chi connectivity index (χ0n) is 14.3. The fourth-order valence-corrected chi connectivity index (χ4v) is 4.63. The van der Waals surface area contributed by atoms with Gasteiger partial charge in [-0.15, -0.1) is 0 Å². The number of carbonyl (C=O) groups excluding carboxylic acids is 1. The lowest BCUT2D eigenvalue weighted by Gasteiger charge is -2.30. The van der Waals surface area contributed by atoms with Gasteiger partial charge in [-0.1, -0.05) is 30.3 Å². The molecule has 1 aliphatic rings. The second-order valence-corrected chi connectivity index (χ2v) is 8.37. The Kier molecular flexibility index (Phi) is 5.39. The predicted molar refractivity (Wildman–Crippen MR) is 93.7 cm³/mol. The van der Waals surface area contributed by atoms with Gasteiger partial charge < -0.3 is 0 Å². The van der Waals surface area contributed by atoms with Crippen LogP contribution in [0.1, 0.15) is 28.8 Å². The number of hydrogen-bond acceptors (Lipinski definition) is 3. The number of sulfonamides is 1. The van der Waals surface area contributed by atoms with Crippen molar-refractivity contribution in [2.45, 2.75) is 23.9 Å². The van der Waals surface area contributed by atoms with Crippen LogP contribution in [0.15, 0.2) is 59.5 Å². The predicted octanol–water partition coefficient (Wildman–Crippen LogP) is 3.99. The van der Waals surface area contributed by atoms with E-state index in [0.29, 0.717) is 18.4 Å². The van der Waals surface area contributed by atoms with E-state index in [9.17, 15) is 26.4 Å². The number of piperidine rings is 1. The zero-order valence-corrected chi connectivity index (χ0v) is 15.1. The third-order valence-electron chi connectivity index (χ3n) is 4.70. The maximum Gasteiger partial charge on any atom is 0.416 e. The third-order valence-corrected chi connectivity index (χ3v) is 6.62. The molecule has 0 spiro atoms.